The lowest BCUT2D eigenvalue weighted by Gasteiger charge is -2.26. The summed E-state index contributed by atoms with van der Waals surface area (Å²) in [5, 5.41) is 2.87. The third-order valence-electron chi connectivity index (χ3n) is 4.32. The molecule has 1 aliphatic rings. The molecule has 1 heterocycles. The summed E-state index contributed by atoms with van der Waals surface area (Å²) in [6.07, 6.45) is 2.97. The normalized spacial score (nSPS) is 15.4. The fraction of sp³-hybridized carbons (Fsp3) is 0.250. The molecule has 1 N–H and O–H groups in total. The molecular weight excluding hydrogens is 416 g/mol. The molecule has 0 atom stereocenters. The first-order valence-corrected chi connectivity index (χ1v) is 10.7. The lowest BCUT2D eigenvalue weighted by Crippen LogP contribution is -2.40. The number of hydrogen-bond donors (Lipinski definition) is 1. The van der Waals surface area contributed by atoms with Crippen LogP contribution in [0.3, 0.4) is 0 Å². The number of nitrogens with one attached hydrogen (secondary N) is 1. The fourth-order valence-corrected chi connectivity index (χ4v) is 4.39. The first-order chi connectivity index (χ1) is 13.9. The Bertz CT molecular complexity index is 1020. The molecule has 0 bridgehead atoms. The highest BCUT2D eigenvalue weighted by molar-refractivity contribution is 7.89. The molecule has 1 saturated heterocycles. The summed E-state index contributed by atoms with van der Waals surface area (Å²) in [5.41, 5.74) is 1.01. The van der Waals surface area contributed by atoms with Gasteiger partial charge in [0.1, 0.15) is 5.75 Å². The Balaban J connectivity index is 1.75. The van der Waals surface area contributed by atoms with Crippen LogP contribution in [0, 0.1) is 0 Å². The van der Waals surface area contributed by atoms with Crippen molar-refractivity contribution in [2.75, 3.05) is 38.7 Å². The van der Waals surface area contributed by atoms with Gasteiger partial charge in [0.2, 0.25) is 15.9 Å². The van der Waals surface area contributed by atoms with Gasteiger partial charge in [-0.1, -0.05) is 23.7 Å². The standard InChI is InChI=1S/C20H21ClN2O5S/c1-27-16-4-2-3-15(13-16)5-8-20(24)22-19-14-17(6-7-18(19)21)29(25,26)23-9-11-28-12-10-23/h2-8,13-14H,9-12H2,1H3,(H,22,24)/b8-5+. The number of carbonyl (C=O) groups is 1. The van der Waals surface area contributed by atoms with Gasteiger partial charge in [-0.05, 0) is 42.0 Å². The smallest absolute Gasteiger partial charge is 0.248 e. The minimum Gasteiger partial charge on any atom is -0.497 e. The maximum Gasteiger partial charge on any atom is 0.248 e. The van der Waals surface area contributed by atoms with Gasteiger partial charge in [-0.3, -0.25) is 4.79 Å². The number of benzene rings is 2. The Morgan fingerprint density at radius 3 is 2.69 bits per heavy atom. The molecule has 0 saturated carbocycles. The average molecular weight is 437 g/mol. The fourth-order valence-electron chi connectivity index (χ4n) is 2.79. The second kappa shape index (κ2) is 9.41. The Kier molecular flexibility index (Phi) is 6.92. The van der Waals surface area contributed by atoms with Crippen LogP contribution < -0.4 is 10.1 Å². The number of nitrogens with zero attached hydrogens (tertiary/aromatic N) is 1. The summed E-state index contributed by atoms with van der Waals surface area (Å²) in [6, 6.07) is 11.5. The average Bonchev–Trinajstić information content (AvgIpc) is 2.74. The van der Waals surface area contributed by atoms with Crippen molar-refractivity contribution in [2.24, 2.45) is 0 Å². The summed E-state index contributed by atoms with van der Waals surface area (Å²) in [5.74, 6) is 0.243. The van der Waals surface area contributed by atoms with Gasteiger partial charge in [-0.2, -0.15) is 4.31 Å². The maximum atomic E-state index is 12.8. The van der Waals surface area contributed by atoms with Gasteiger partial charge >= 0.3 is 0 Å². The Morgan fingerprint density at radius 2 is 1.97 bits per heavy atom. The Hall–Kier alpha value is -2.39. The molecule has 0 aromatic heterocycles. The van der Waals surface area contributed by atoms with Crippen LogP contribution in [0.2, 0.25) is 5.02 Å². The van der Waals surface area contributed by atoms with Crippen LogP contribution in [0.5, 0.6) is 5.75 Å². The molecule has 3 rings (SSSR count). The second-order valence-corrected chi connectivity index (χ2v) is 8.60. The van der Waals surface area contributed by atoms with Crippen LogP contribution in [-0.2, 0) is 19.6 Å². The van der Waals surface area contributed by atoms with E-state index in [0.29, 0.717) is 19.0 Å². The molecule has 9 heteroatoms. The third-order valence-corrected chi connectivity index (χ3v) is 6.55. The lowest BCUT2D eigenvalue weighted by atomic mass is 10.2. The molecule has 0 radical (unpaired) electrons. The first kappa shape index (κ1) is 21.3. The molecule has 7 nitrogen and oxygen atoms in total. The minimum atomic E-state index is -3.69. The number of rotatable bonds is 6. The topological polar surface area (TPSA) is 84.9 Å². The molecule has 2 aromatic rings. The van der Waals surface area contributed by atoms with E-state index in [1.165, 1.54) is 28.6 Å². The van der Waals surface area contributed by atoms with E-state index in [0.717, 1.165) is 5.56 Å². The van der Waals surface area contributed by atoms with Gasteiger partial charge in [-0.25, -0.2) is 8.42 Å². The van der Waals surface area contributed by atoms with Crippen molar-refractivity contribution in [3.63, 3.8) is 0 Å². The molecular formula is C20H21ClN2O5S. The molecule has 2 aromatic carbocycles. The number of hydrogen-bond acceptors (Lipinski definition) is 5. The van der Waals surface area contributed by atoms with Gasteiger partial charge in [0, 0.05) is 19.2 Å². The van der Waals surface area contributed by atoms with Crippen LogP contribution >= 0.6 is 11.6 Å². The summed E-state index contributed by atoms with van der Waals surface area (Å²) in [4.78, 5) is 12.4. The molecule has 1 aliphatic heterocycles. The zero-order valence-corrected chi connectivity index (χ0v) is 17.4. The van der Waals surface area contributed by atoms with Crippen molar-refractivity contribution >= 4 is 39.3 Å². The van der Waals surface area contributed by atoms with Crippen molar-refractivity contribution in [2.45, 2.75) is 4.90 Å². The highest BCUT2D eigenvalue weighted by Gasteiger charge is 2.27. The predicted octanol–water partition coefficient (Wildman–Crippen LogP) is 3.02. The number of carbonyl (C=O) groups excluding carboxylic acids is 1. The number of amides is 1. The zero-order valence-electron chi connectivity index (χ0n) is 15.8. The Labute approximate surface area is 174 Å². The van der Waals surface area contributed by atoms with E-state index in [2.05, 4.69) is 5.32 Å². The van der Waals surface area contributed by atoms with Crippen molar-refractivity contribution < 1.29 is 22.7 Å². The quantitative estimate of drug-likeness (QED) is 0.703. The number of halogens is 1. The number of anilines is 1. The highest BCUT2D eigenvalue weighted by Crippen LogP contribution is 2.27. The van der Waals surface area contributed by atoms with Crippen LogP contribution in [0.4, 0.5) is 5.69 Å². The van der Waals surface area contributed by atoms with Gasteiger partial charge in [-0.15, -0.1) is 0 Å². The molecule has 29 heavy (non-hydrogen) atoms. The maximum absolute atomic E-state index is 12.8. The molecule has 0 unspecified atom stereocenters. The van der Waals surface area contributed by atoms with Crippen LogP contribution in [0.25, 0.3) is 6.08 Å². The first-order valence-electron chi connectivity index (χ1n) is 8.91. The van der Waals surface area contributed by atoms with Gasteiger partial charge < -0.3 is 14.8 Å². The number of methoxy groups -OCH3 is 1. The monoisotopic (exact) mass is 436 g/mol. The summed E-state index contributed by atoms with van der Waals surface area (Å²) < 4.78 is 37.3. The van der Waals surface area contributed by atoms with E-state index in [9.17, 15) is 13.2 Å². The summed E-state index contributed by atoms with van der Waals surface area (Å²) >= 11 is 6.15. The summed E-state index contributed by atoms with van der Waals surface area (Å²) in [6.45, 7) is 1.28. The van der Waals surface area contributed by atoms with E-state index >= 15 is 0 Å². The minimum absolute atomic E-state index is 0.0656. The molecule has 1 amide bonds. The van der Waals surface area contributed by atoms with E-state index in [1.54, 1.807) is 25.3 Å². The van der Waals surface area contributed by atoms with Crippen molar-refractivity contribution in [3.05, 3.63) is 59.1 Å². The van der Waals surface area contributed by atoms with Crippen molar-refractivity contribution in [3.8, 4) is 5.75 Å². The Morgan fingerprint density at radius 1 is 1.21 bits per heavy atom. The predicted molar refractivity (Wildman–Crippen MR) is 112 cm³/mol. The third kappa shape index (κ3) is 5.36. The molecule has 1 fully saturated rings. The molecule has 0 spiro atoms. The van der Waals surface area contributed by atoms with Crippen LogP contribution in [0.1, 0.15) is 5.56 Å². The number of ether oxygens (including phenoxy) is 2. The summed E-state index contributed by atoms with van der Waals surface area (Å²) in [7, 11) is -2.12. The van der Waals surface area contributed by atoms with Gasteiger partial charge in [0.25, 0.3) is 0 Å². The highest BCUT2D eigenvalue weighted by atomic mass is 35.5. The van der Waals surface area contributed by atoms with Crippen molar-refractivity contribution in [1.82, 2.24) is 4.31 Å². The largest absolute Gasteiger partial charge is 0.497 e. The second-order valence-electron chi connectivity index (χ2n) is 6.26. The molecule has 154 valence electrons. The van der Waals surface area contributed by atoms with Crippen molar-refractivity contribution in [1.29, 1.82) is 0 Å². The van der Waals surface area contributed by atoms with E-state index in [4.69, 9.17) is 21.1 Å². The van der Waals surface area contributed by atoms with E-state index in [-0.39, 0.29) is 28.7 Å². The number of morpholine rings is 1. The van der Waals surface area contributed by atoms with Gasteiger partial charge in [0.05, 0.1) is 35.9 Å². The van der Waals surface area contributed by atoms with Crippen LogP contribution in [0.15, 0.2) is 53.4 Å². The van der Waals surface area contributed by atoms with E-state index < -0.39 is 15.9 Å². The lowest BCUT2D eigenvalue weighted by molar-refractivity contribution is -0.111. The molecule has 0 aliphatic carbocycles. The van der Waals surface area contributed by atoms with Crippen LogP contribution in [-0.4, -0.2) is 52.0 Å². The zero-order chi connectivity index (χ0) is 20.9. The SMILES string of the molecule is COc1cccc(/C=C/C(=O)Nc2cc(S(=O)(=O)N3CCOCC3)ccc2Cl)c1. The van der Waals surface area contributed by atoms with Gasteiger partial charge in [0.15, 0.2) is 0 Å². The number of sulfonamides is 1. The van der Waals surface area contributed by atoms with E-state index in [1.807, 2.05) is 12.1 Å².